The van der Waals surface area contributed by atoms with E-state index in [9.17, 15) is 9.59 Å². The molecule has 2 heterocycles. The molecule has 3 aromatic carbocycles. The highest BCUT2D eigenvalue weighted by Gasteiger charge is 2.17. The fraction of sp³-hybridized carbons (Fsp3) is 0.0370. The lowest BCUT2D eigenvalue weighted by molar-refractivity contribution is 0.0696. The van der Waals surface area contributed by atoms with Crippen molar-refractivity contribution in [1.82, 2.24) is 9.66 Å². The third-order valence-electron chi connectivity index (χ3n) is 5.36. The molecule has 0 aliphatic heterocycles. The summed E-state index contributed by atoms with van der Waals surface area (Å²) in [5, 5.41) is 5.59. The summed E-state index contributed by atoms with van der Waals surface area (Å²) in [6.07, 6.45) is 2.84. The number of benzene rings is 3. The molecule has 2 aromatic heterocycles. The van der Waals surface area contributed by atoms with Crippen LogP contribution in [0.1, 0.15) is 16.1 Å². The maximum Gasteiger partial charge on any atom is 0.379 e. The average Bonchev–Trinajstić information content (AvgIpc) is 3.44. The second kappa shape index (κ2) is 10.3. The van der Waals surface area contributed by atoms with Crippen molar-refractivity contribution < 1.29 is 18.7 Å². The first-order valence-electron chi connectivity index (χ1n) is 10.9. The van der Waals surface area contributed by atoms with Crippen molar-refractivity contribution in [3.63, 3.8) is 0 Å². The van der Waals surface area contributed by atoms with Crippen molar-refractivity contribution >= 4 is 46.3 Å². The Morgan fingerprint density at radius 3 is 2.62 bits per heavy atom. The number of fused-ring (bicyclic) bond motifs is 1. The van der Waals surface area contributed by atoms with Crippen LogP contribution in [0.25, 0.3) is 22.3 Å². The minimum atomic E-state index is -0.664. The van der Waals surface area contributed by atoms with Crippen molar-refractivity contribution in [1.29, 1.82) is 0 Å². The number of carbonyl (C=O) groups excluding carboxylic acids is 1. The van der Waals surface area contributed by atoms with Crippen molar-refractivity contribution in [3.8, 4) is 22.9 Å². The zero-order valence-electron chi connectivity index (χ0n) is 19.2. The highest BCUT2D eigenvalue weighted by molar-refractivity contribution is 6.36. The average molecular weight is 534 g/mol. The van der Waals surface area contributed by atoms with Crippen LogP contribution in [0.4, 0.5) is 0 Å². The maximum atomic E-state index is 13.4. The lowest BCUT2D eigenvalue weighted by Gasteiger charge is -2.11. The maximum absolute atomic E-state index is 13.4. The molecule has 8 nitrogen and oxygen atoms in total. The molecule has 0 aliphatic rings. The Hall–Kier alpha value is -4.40. The summed E-state index contributed by atoms with van der Waals surface area (Å²) in [6, 6.07) is 19.8. The summed E-state index contributed by atoms with van der Waals surface area (Å²) in [4.78, 5) is 30.3. The minimum Gasteiger partial charge on any atom is -0.493 e. The van der Waals surface area contributed by atoms with Gasteiger partial charge in [-0.15, -0.1) is 0 Å². The van der Waals surface area contributed by atoms with Gasteiger partial charge in [0.25, 0.3) is 5.56 Å². The van der Waals surface area contributed by atoms with E-state index in [0.717, 1.165) is 0 Å². The predicted molar refractivity (Wildman–Crippen MR) is 141 cm³/mol. The standard InChI is InChI=1S/C27H17Cl2N3O5/c1-35-24-13-16(8-11-22(24)37-27(34)23-7-4-12-36-23)15-30-32-25(18-10-9-17(28)14-20(18)29)31-21-6-3-2-5-19(21)26(32)33/h2-15H,1H3. The van der Waals surface area contributed by atoms with Crippen LogP contribution < -0.4 is 15.0 Å². The number of nitrogens with zero attached hydrogens (tertiary/aromatic N) is 3. The van der Waals surface area contributed by atoms with Gasteiger partial charge >= 0.3 is 5.97 Å². The van der Waals surface area contributed by atoms with Gasteiger partial charge < -0.3 is 13.9 Å². The molecule has 0 amide bonds. The van der Waals surface area contributed by atoms with E-state index in [0.29, 0.717) is 32.1 Å². The van der Waals surface area contributed by atoms with Crippen molar-refractivity contribution in [3.05, 3.63) is 111 Å². The fourth-order valence-electron chi connectivity index (χ4n) is 3.59. The van der Waals surface area contributed by atoms with Gasteiger partial charge in [-0.1, -0.05) is 35.3 Å². The first-order valence-corrected chi connectivity index (χ1v) is 11.7. The molecule has 5 aromatic rings. The van der Waals surface area contributed by atoms with E-state index in [1.165, 1.54) is 30.3 Å². The van der Waals surface area contributed by atoms with Crippen LogP contribution >= 0.6 is 23.2 Å². The van der Waals surface area contributed by atoms with Crippen LogP contribution in [0.2, 0.25) is 10.0 Å². The Labute approximate surface area is 220 Å². The van der Waals surface area contributed by atoms with Crippen molar-refractivity contribution in [2.75, 3.05) is 7.11 Å². The summed E-state index contributed by atoms with van der Waals surface area (Å²) in [5.41, 5.74) is 1.19. The molecule has 0 radical (unpaired) electrons. The SMILES string of the molecule is COc1cc(C=Nn2c(-c3ccc(Cl)cc3Cl)nc3ccccc3c2=O)ccc1OC(=O)c1ccco1. The first-order chi connectivity index (χ1) is 17.9. The molecule has 0 saturated carbocycles. The largest absolute Gasteiger partial charge is 0.493 e. The van der Waals surface area contributed by atoms with E-state index >= 15 is 0 Å². The highest BCUT2D eigenvalue weighted by Crippen LogP contribution is 2.30. The summed E-state index contributed by atoms with van der Waals surface area (Å²) in [7, 11) is 1.44. The fourth-order valence-corrected chi connectivity index (χ4v) is 4.09. The molecule has 0 fully saturated rings. The normalized spacial score (nSPS) is 11.2. The molecule has 0 N–H and O–H groups in total. The molecule has 5 rings (SSSR count). The van der Waals surface area contributed by atoms with Gasteiger partial charge in [0.05, 0.1) is 35.5 Å². The molecule has 0 saturated heterocycles. The molecule has 0 bridgehead atoms. The Kier molecular flexibility index (Phi) is 6.76. The Balaban J connectivity index is 1.55. The number of aromatic nitrogens is 2. The number of para-hydroxylation sites is 1. The summed E-state index contributed by atoms with van der Waals surface area (Å²) < 4.78 is 17.0. The number of halogens is 2. The molecule has 37 heavy (non-hydrogen) atoms. The van der Waals surface area contributed by atoms with Gasteiger partial charge in [0.1, 0.15) is 0 Å². The van der Waals surface area contributed by atoms with E-state index in [4.69, 9.17) is 37.1 Å². The predicted octanol–water partition coefficient (Wildman–Crippen LogP) is 6.07. The highest BCUT2D eigenvalue weighted by atomic mass is 35.5. The van der Waals surface area contributed by atoms with Gasteiger partial charge in [0.15, 0.2) is 17.3 Å². The van der Waals surface area contributed by atoms with E-state index < -0.39 is 5.97 Å². The van der Waals surface area contributed by atoms with E-state index in [2.05, 4.69) is 10.1 Å². The third kappa shape index (κ3) is 4.97. The summed E-state index contributed by atoms with van der Waals surface area (Å²) in [6.45, 7) is 0. The van der Waals surface area contributed by atoms with E-state index in [-0.39, 0.29) is 28.6 Å². The van der Waals surface area contributed by atoms with Gasteiger partial charge in [-0.2, -0.15) is 9.78 Å². The quantitative estimate of drug-likeness (QED) is 0.149. The molecule has 184 valence electrons. The molecule has 10 heteroatoms. The number of ether oxygens (including phenoxy) is 2. The van der Waals surface area contributed by atoms with Gasteiger partial charge in [-0.3, -0.25) is 4.79 Å². The third-order valence-corrected chi connectivity index (χ3v) is 5.91. The van der Waals surface area contributed by atoms with Gasteiger partial charge in [0, 0.05) is 10.6 Å². The lowest BCUT2D eigenvalue weighted by atomic mass is 10.2. The molecule has 0 aliphatic carbocycles. The number of methoxy groups -OCH3 is 1. The molecule has 0 unspecified atom stereocenters. The van der Waals surface area contributed by atoms with Crippen molar-refractivity contribution in [2.24, 2.45) is 5.10 Å². The van der Waals surface area contributed by atoms with Crippen molar-refractivity contribution in [2.45, 2.75) is 0 Å². The van der Waals surface area contributed by atoms with Crippen LogP contribution in [0, 0.1) is 0 Å². The smallest absolute Gasteiger partial charge is 0.379 e. The van der Waals surface area contributed by atoms with Crippen LogP contribution in [-0.2, 0) is 0 Å². The van der Waals surface area contributed by atoms with E-state index in [1.807, 2.05) is 0 Å². The molecule has 0 atom stereocenters. The molecular weight excluding hydrogens is 517 g/mol. The second-order valence-electron chi connectivity index (χ2n) is 7.72. The van der Waals surface area contributed by atoms with Gasteiger partial charge in [-0.25, -0.2) is 9.78 Å². The number of hydrogen-bond donors (Lipinski definition) is 0. The zero-order valence-corrected chi connectivity index (χ0v) is 20.7. The van der Waals surface area contributed by atoms with E-state index in [1.54, 1.807) is 66.7 Å². The van der Waals surface area contributed by atoms with Crippen LogP contribution in [0.3, 0.4) is 0 Å². The summed E-state index contributed by atoms with van der Waals surface area (Å²) in [5.74, 6) is 0.123. The molecular formula is C27H17Cl2N3O5. The minimum absolute atomic E-state index is 0.0595. The number of furan rings is 1. The van der Waals surface area contributed by atoms with Crippen LogP contribution in [0.5, 0.6) is 11.5 Å². The lowest BCUT2D eigenvalue weighted by Crippen LogP contribution is -2.20. The first kappa shape index (κ1) is 24.3. The Morgan fingerprint density at radius 1 is 1.03 bits per heavy atom. The topological polar surface area (TPSA) is 95.9 Å². The molecule has 0 spiro atoms. The second-order valence-corrected chi connectivity index (χ2v) is 8.56. The van der Waals surface area contributed by atoms with Crippen LogP contribution in [-0.4, -0.2) is 29.0 Å². The number of esters is 1. The number of rotatable bonds is 6. The number of carbonyl (C=O) groups is 1. The Morgan fingerprint density at radius 2 is 1.86 bits per heavy atom. The summed E-state index contributed by atoms with van der Waals surface area (Å²) >= 11 is 12.5. The Bertz CT molecular complexity index is 1710. The van der Waals surface area contributed by atoms with Gasteiger partial charge in [0.2, 0.25) is 5.76 Å². The number of hydrogen-bond acceptors (Lipinski definition) is 7. The van der Waals surface area contributed by atoms with Gasteiger partial charge in [-0.05, 0) is 66.2 Å². The monoisotopic (exact) mass is 533 g/mol. The van der Waals surface area contributed by atoms with Crippen LogP contribution in [0.15, 0.2) is 93.4 Å². The zero-order chi connectivity index (χ0) is 25.9.